The van der Waals surface area contributed by atoms with Crippen molar-refractivity contribution in [1.82, 2.24) is 5.32 Å². The number of carbonyl (C=O) groups is 1. The van der Waals surface area contributed by atoms with Crippen LogP contribution in [-0.2, 0) is 11.2 Å². The first-order valence-corrected chi connectivity index (χ1v) is 7.33. The number of amides is 1. The Morgan fingerprint density at radius 3 is 2.71 bits per heavy atom. The summed E-state index contributed by atoms with van der Waals surface area (Å²) >= 11 is 0. The van der Waals surface area contributed by atoms with Gasteiger partial charge in [0.2, 0.25) is 0 Å². The number of rotatable bonds is 9. The highest BCUT2D eigenvalue weighted by Gasteiger charge is 2.08. The highest BCUT2D eigenvalue weighted by Crippen LogP contribution is 2.28. The first kappa shape index (κ1) is 17.3. The number of hydrogen-bond donors (Lipinski definition) is 2. The Morgan fingerprint density at radius 2 is 2.10 bits per heavy atom. The molecule has 0 aromatic heterocycles. The van der Waals surface area contributed by atoms with E-state index in [1.165, 1.54) is 0 Å². The molecule has 21 heavy (non-hydrogen) atoms. The van der Waals surface area contributed by atoms with Crippen molar-refractivity contribution < 1.29 is 14.3 Å². The first-order chi connectivity index (χ1) is 10.1. The molecule has 0 aliphatic heterocycles. The monoisotopic (exact) mass is 294 g/mol. The maximum atomic E-state index is 11.7. The Morgan fingerprint density at radius 1 is 1.33 bits per heavy atom. The second-order valence-electron chi connectivity index (χ2n) is 5.35. The zero-order valence-electron chi connectivity index (χ0n) is 13.1. The molecule has 0 saturated carbocycles. The van der Waals surface area contributed by atoms with Crippen LogP contribution in [0.2, 0.25) is 0 Å². The van der Waals surface area contributed by atoms with Crippen LogP contribution in [0.15, 0.2) is 18.2 Å². The van der Waals surface area contributed by atoms with Gasteiger partial charge in [-0.1, -0.05) is 19.9 Å². The molecule has 0 unspecified atom stereocenters. The summed E-state index contributed by atoms with van der Waals surface area (Å²) in [6.07, 6.45) is 1.75. The summed E-state index contributed by atoms with van der Waals surface area (Å²) in [5.41, 5.74) is 6.62. The van der Waals surface area contributed by atoms with Crippen LogP contribution < -0.4 is 20.5 Å². The van der Waals surface area contributed by atoms with Crippen LogP contribution in [0, 0.1) is 5.92 Å². The van der Waals surface area contributed by atoms with Crippen LogP contribution in [0.25, 0.3) is 0 Å². The molecule has 0 spiro atoms. The molecule has 0 fully saturated rings. The van der Waals surface area contributed by atoms with Gasteiger partial charge in [-0.25, -0.2) is 0 Å². The number of nitrogens with one attached hydrogen (secondary N) is 1. The van der Waals surface area contributed by atoms with Gasteiger partial charge in [-0.05, 0) is 43.0 Å². The van der Waals surface area contributed by atoms with E-state index in [2.05, 4.69) is 19.2 Å². The summed E-state index contributed by atoms with van der Waals surface area (Å²) in [7, 11) is 1.58. The smallest absolute Gasteiger partial charge is 0.257 e. The minimum Gasteiger partial charge on any atom is -0.493 e. The Balaban J connectivity index is 2.48. The lowest BCUT2D eigenvalue weighted by Gasteiger charge is -2.12. The maximum absolute atomic E-state index is 11.7. The lowest BCUT2D eigenvalue weighted by Crippen LogP contribution is -2.30. The molecule has 0 aliphatic carbocycles. The molecule has 5 nitrogen and oxygen atoms in total. The minimum atomic E-state index is -0.122. The van der Waals surface area contributed by atoms with Crippen molar-refractivity contribution in [3.63, 3.8) is 0 Å². The summed E-state index contributed by atoms with van der Waals surface area (Å²) in [5.74, 6) is 1.64. The molecule has 0 bridgehead atoms. The fourth-order valence-corrected chi connectivity index (χ4v) is 1.85. The number of ether oxygens (including phenoxy) is 2. The molecule has 0 saturated heterocycles. The van der Waals surface area contributed by atoms with E-state index in [0.29, 0.717) is 30.5 Å². The van der Waals surface area contributed by atoms with Crippen molar-refractivity contribution in [3.8, 4) is 11.5 Å². The number of benzene rings is 1. The highest BCUT2D eigenvalue weighted by molar-refractivity contribution is 5.77. The molecule has 0 heterocycles. The normalized spacial score (nSPS) is 10.5. The minimum absolute atomic E-state index is 0.00924. The summed E-state index contributed by atoms with van der Waals surface area (Å²) in [6, 6.07) is 5.63. The van der Waals surface area contributed by atoms with Crippen molar-refractivity contribution in [3.05, 3.63) is 23.8 Å². The van der Waals surface area contributed by atoms with E-state index in [4.69, 9.17) is 15.2 Å². The van der Waals surface area contributed by atoms with E-state index in [0.717, 1.165) is 18.4 Å². The zero-order chi connectivity index (χ0) is 15.7. The quantitative estimate of drug-likeness (QED) is 0.727. The fraction of sp³-hybridized carbons (Fsp3) is 0.562. The lowest BCUT2D eigenvalue weighted by molar-refractivity contribution is -0.123. The molecular formula is C16H26N2O3. The van der Waals surface area contributed by atoms with Gasteiger partial charge in [0.25, 0.3) is 5.91 Å². The van der Waals surface area contributed by atoms with Gasteiger partial charge < -0.3 is 20.5 Å². The van der Waals surface area contributed by atoms with Crippen LogP contribution in [0.4, 0.5) is 0 Å². The Kier molecular flexibility index (Phi) is 7.61. The Labute approximate surface area is 126 Å². The van der Waals surface area contributed by atoms with E-state index in [1.807, 2.05) is 18.2 Å². The molecule has 0 atom stereocenters. The molecule has 1 aromatic rings. The van der Waals surface area contributed by atoms with Gasteiger partial charge in [-0.2, -0.15) is 0 Å². The summed E-state index contributed by atoms with van der Waals surface area (Å²) < 4.78 is 10.8. The molecule has 3 N–H and O–H groups in total. The summed E-state index contributed by atoms with van der Waals surface area (Å²) in [6.45, 7) is 5.49. The van der Waals surface area contributed by atoms with Gasteiger partial charge in [0.05, 0.1) is 7.11 Å². The summed E-state index contributed by atoms with van der Waals surface area (Å²) in [5, 5.41) is 2.83. The predicted octanol–water partition coefficient (Wildman–Crippen LogP) is 1.74. The third-order valence-corrected chi connectivity index (χ3v) is 3.06. The van der Waals surface area contributed by atoms with Crippen molar-refractivity contribution in [2.45, 2.75) is 26.7 Å². The van der Waals surface area contributed by atoms with E-state index < -0.39 is 0 Å². The van der Waals surface area contributed by atoms with Crippen LogP contribution in [0.3, 0.4) is 0 Å². The fourth-order valence-electron chi connectivity index (χ4n) is 1.85. The molecule has 1 amide bonds. The zero-order valence-corrected chi connectivity index (χ0v) is 13.1. The van der Waals surface area contributed by atoms with Gasteiger partial charge in [-0.3, -0.25) is 4.79 Å². The second-order valence-corrected chi connectivity index (χ2v) is 5.35. The van der Waals surface area contributed by atoms with Crippen LogP contribution in [-0.4, -0.2) is 32.7 Å². The average Bonchev–Trinajstić information content (AvgIpc) is 2.45. The number of nitrogens with two attached hydrogens (primary N) is 1. The van der Waals surface area contributed by atoms with Gasteiger partial charge >= 0.3 is 0 Å². The lowest BCUT2D eigenvalue weighted by atomic mass is 10.1. The third-order valence-electron chi connectivity index (χ3n) is 3.06. The molecular weight excluding hydrogens is 268 g/mol. The highest BCUT2D eigenvalue weighted by atomic mass is 16.5. The standard InChI is InChI=1S/C16H26N2O3/c1-12(2)7-9-18-16(19)11-21-14-5-4-13(6-8-17)10-15(14)20-3/h4-5,10,12H,6-9,11,17H2,1-3H3,(H,18,19). The molecule has 0 radical (unpaired) electrons. The topological polar surface area (TPSA) is 73.6 Å². The number of carbonyl (C=O) groups excluding carboxylic acids is 1. The van der Waals surface area contributed by atoms with Crippen molar-refractivity contribution in [2.75, 3.05) is 26.8 Å². The van der Waals surface area contributed by atoms with Crippen LogP contribution in [0.5, 0.6) is 11.5 Å². The van der Waals surface area contributed by atoms with E-state index in [-0.39, 0.29) is 12.5 Å². The van der Waals surface area contributed by atoms with Gasteiger partial charge in [0, 0.05) is 6.54 Å². The Hall–Kier alpha value is -1.75. The summed E-state index contributed by atoms with van der Waals surface area (Å²) in [4.78, 5) is 11.7. The van der Waals surface area contributed by atoms with E-state index in [1.54, 1.807) is 7.11 Å². The molecule has 0 aliphatic rings. The SMILES string of the molecule is COc1cc(CCN)ccc1OCC(=O)NCCC(C)C. The predicted molar refractivity (Wildman–Crippen MR) is 83.7 cm³/mol. The Bertz CT molecular complexity index is 447. The maximum Gasteiger partial charge on any atom is 0.257 e. The number of hydrogen-bond acceptors (Lipinski definition) is 4. The molecule has 1 aromatic carbocycles. The third kappa shape index (κ3) is 6.49. The van der Waals surface area contributed by atoms with Crippen molar-refractivity contribution in [2.24, 2.45) is 11.7 Å². The van der Waals surface area contributed by atoms with E-state index in [9.17, 15) is 4.79 Å². The van der Waals surface area contributed by atoms with Crippen molar-refractivity contribution in [1.29, 1.82) is 0 Å². The largest absolute Gasteiger partial charge is 0.493 e. The van der Waals surface area contributed by atoms with Crippen molar-refractivity contribution >= 4 is 5.91 Å². The first-order valence-electron chi connectivity index (χ1n) is 7.33. The molecule has 5 heteroatoms. The van der Waals surface area contributed by atoms with Gasteiger partial charge in [-0.15, -0.1) is 0 Å². The van der Waals surface area contributed by atoms with Crippen LogP contribution >= 0.6 is 0 Å². The van der Waals surface area contributed by atoms with E-state index >= 15 is 0 Å². The second kappa shape index (κ2) is 9.23. The van der Waals surface area contributed by atoms with Gasteiger partial charge in [0.1, 0.15) is 0 Å². The average molecular weight is 294 g/mol. The van der Waals surface area contributed by atoms with Gasteiger partial charge in [0.15, 0.2) is 18.1 Å². The van der Waals surface area contributed by atoms with Crippen LogP contribution in [0.1, 0.15) is 25.8 Å². The molecule has 118 valence electrons. The molecule has 1 rings (SSSR count). The number of methoxy groups -OCH3 is 1.